The summed E-state index contributed by atoms with van der Waals surface area (Å²) < 4.78 is 0. The van der Waals surface area contributed by atoms with Gasteiger partial charge in [0.25, 0.3) is 5.91 Å². The number of primary amides is 1. The Morgan fingerprint density at radius 3 is 2.50 bits per heavy atom. The Morgan fingerprint density at radius 2 is 1.78 bits per heavy atom. The summed E-state index contributed by atoms with van der Waals surface area (Å²) in [5.41, 5.74) is 8.91. The summed E-state index contributed by atoms with van der Waals surface area (Å²) in [6, 6.07) is 9.39. The number of nitrogens with two attached hydrogens (primary N) is 1. The van der Waals surface area contributed by atoms with Gasteiger partial charge in [-0.05, 0) is 11.5 Å². The van der Waals surface area contributed by atoms with E-state index in [0.717, 1.165) is 5.39 Å². The fraction of sp³-hybridized carbons (Fsp3) is 0. The molecule has 2 aromatic carbocycles. The third-order valence-corrected chi connectivity index (χ3v) is 2.44. The average Bonchev–Trinajstić information content (AvgIpc) is 2.37. The van der Waals surface area contributed by atoms with E-state index in [0.29, 0.717) is 5.39 Å². The first kappa shape index (κ1) is 11.7. The van der Waals surface area contributed by atoms with Gasteiger partial charge >= 0.3 is 6.03 Å². The van der Waals surface area contributed by atoms with Crippen LogP contribution in [0.1, 0.15) is 10.4 Å². The molecular formula is C12H11N3O3. The first-order chi connectivity index (χ1) is 8.59. The van der Waals surface area contributed by atoms with Gasteiger partial charge in [-0.25, -0.2) is 10.2 Å². The molecule has 0 heterocycles. The summed E-state index contributed by atoms with van der Waals surface area (Å²) >= 11 is 0. The Balaban J connectivity index is 2.37. The van der Waals surface area contributed by atoms with E-state index in [9.17, 15) is 14.7 Å². The van der Waals surface area contributed by atoms with Gasteiger partial charge in [-0.3, -0.25) is 10.2 Å². The van der Waals surface area contributed by atoms with Crippen molar-refractivity contribution < 1.29 is 14.7 Å². The summed E-state index contributed by atoms with van der Waals surface area (Å²) in [5, 5.41) is 11.4. The number of hydrazine groups is 1. The van der Waals surface area contributed by atoms with Crippen LogP contribution in [0.3, 0.4) is 0 Å². The molecule has 0 radical (unpaired) electrons. The molecule has 0 aromatic heterocycles. The van der Waals surface area contributed by atoms with Crippen LogP contribution in [0.2, 0.25) is 0 Å². The van der Waals surface area contributed by atoms with Gasteiger partial charge in [0.2, 0.25) is 0 Å². The van der Waals surface area contributed by atoms with E-state index in [1.165, 1.54) is 6.07 Å². The molecule has 6 heteroatoms. The minimum Gasteiger partial charge on any atom is -0.506 e. The van der Waals surface area contributed by atoms with Crippen molar-refractivity contribution in [3.05, 3.63) is 42.0 Å². The fourth-order valence-electron chi connectivity index (χ4n) is 1.62. The van der Waals surface area contributed by atoms with Crippen LogP contribution in [0, 0.1) is 0 Å². The van der Waals surface area contributed by atoms with Crippen LogP contribution in [0.4, 0.5) is 4.79 Å². The first-order valence-corrected chi connectivity index (χ1v) is 5.16. The van der Waals surface area contributed by atoms with Crippen molar-refractivity contribution >= 4 is 22.7 Å². The summed E-state index contributed by atoms with van der Waals surface area (Å²) in [6.45, 7) is 0. The molecule has 0 atom stereocenters. The smallest absolute Gasteiger partial charge is 0.330 e. The second-order valence-electron chi connectivity index (χ2n) is 3.63. The lowest BCUT2D eigenvalue weighted by Crippen LogP contribution is -2.44. The minimum absolute atomic E-state index is 0.0578. The highest BCUT2D eigenvalue weighted by molar-refractivity contribution is 6.03. The van der Waals surface area contributed by atoms with E-state index < -0.39 is 11.9 Å². The molecule has 0 saturated carbocycles. The summed E-state index contributed by atoms with van der Waals surface area (Å²) in [4.78, 5) is 22.1. The normalized spacial score (nSPS) is 10.0. The SMILES string of the molecule is NC(=O)NNC(=O)c1ccc2ccccc2c1O. The number of aromatic hydroxyl groups is 1. The van der Waals surface area contributed by atoms with E-state index in [2.05, 4.69) is 5.43 Å². The van der Waals surface area contributed by atoms with Crippen LogP contribution in [0.5, 0.6) is 5.75 Å². The van der Waals surface area contributed by atoms with Crippen LogP contribution in [0.25, 0.3) is 10.8 Å². The molecule has 0 aliphatic rings. The predicted octanol–water partition coefficient (Wildman–Crippen LogP) is 0.858. The number of carbonyl (C=O) groups excluding carboxylic acids is 2. The second-order valence-corrected chi connectivity index (χ2v) is 3.63. The maximum atomic E-state index is 11.7. The lowest BCUT2D eigenvalue weighted by Gasteiger charge is -2.08. The molecule has 0 aliphatic carbocycles. The molecule has 2 aromatic rings. The van der Waals surface area contributed by atoms with E-state index in [1.54, 1.807) is 18.2 Å². The second kappa shape index (κ2) is 4.62. The third-order valence-electron chi connectivity index (χ3n) is 2.44. The van der Waals surface area contributed by atoms with E-state index in [1.807, 2.05) is 17.6 Å². The van der Waals surface area contributed by atoms with Crippen LogP contribution in [-0.2, 0) is 0 Å². The van der Waals surface area contributed by atoms with Gasteiger partial charge in [0.1, 0.15) is 5.75 Å². The predicted molar refractivity (Wildman–Crippen MR) is 65.8 cm³/mol. The summed E-state index contributed by atoms with van der Waals surface area (Å²) in [5.74, 6) is -0.783. The van der Waals surface area contributed by atoms with Gasteiger partial charge < -0.3 is 10.8 Å². The van der Waals surface area contributed by atoms with Gasteiger partial charge in [0.05, 0.1) is 5.56 Å². The molecule has 0 spiro atoms. The number of rotatable bonds is 1. The van der Waals surface area contributed by atoms with Crippen LogP contribution >= 0.6 is 0 Å². The number of urea groups is 1. The molecular weight excluding hydrogens is 234 g/mol. The Morgan fingerprint density at radius 1 is 1.06 bits per heavy atom. The highest BCUT2D eigenvalue weighted by atomic mass is 16.3. The number of hydrogen-bond donors (Lipinski definition) is 4. The standard InChI is InChI=1S/C12H11N3O3/c13-12(18)15-14-11(17)9-6-5-7-3-1-2-4-8(7)10(9)16/h1-6,16H,(H,14,17)(H3,13,15,18). The van der Waals surface area contributed by atoms with E-state index >= 15 is 0 Å². The summed E-state index contributed by atoms with van der Waals surface area (Å²) in [7, 11) is 0. The molecule has 3 amide bonds. The highest BCUT2D eigenvalue weighted by Crippen LogP contribution is 2.28. The Bertz CT molecular complexity index is 625. The Hall–Kier alpha value is -2.76. The molecule has 0 saturated heterocycles. The molecule has 5 N–H and O–H groups in total. The monoisotopic (exact) mass is 245 g/mol. The number of hydrogen-bond acceptors (Lipinski definition) is 3. The molecule has 2 rings (SSSR count). The number of benzene rings is 2. The molecule has 92 valence electrons. The van der Waals surface area contributed by atoms with Gasteiger partial charge in [-0.1, -0.05) is 30.3 Å². The van der Waals surface area contributed by atoms with Crippen molar-refractivity contribution in [2.75, 3.05) is 0 Å². The van der Waals surface area contributed by atoms with E-state index in [4.69, 9.17) is 5.73 Å². The fourth-order valence-corrected chi connectivity index (χ4v) is 1.62. The van der Waals surface area contributed by atoms with Crippen molar-refractivity contribution in [3.63, 3.8) is 0 Å². The average molecular weight is 245 g/mol. The van der Waals surface area contributed by atoms with Crippen molar-refractivity contribution in [3.8, 4) is 5.75 Å². The zero-order valence-corrected chi connectivity index (χ0v) is 9.31. The molecule has 18 heavy (non-hydrogen) atoms. The van der Waals surface area contributed by atoms with Gasteiger partial charge in [0.15, 0.2) is 0 Å². The van der Waals surface area contributed by atoms with Crippen molar-refractivity contribution in [2.45, 2.75) is 0 Å². The molecule has 0 aliphatic heterocycles. The number of carbonyl (C=O) groups is 2. The first-order valence-electron chi connectivity index (χ1n) is 5.16. The maximum Gasteiger partial charge on any atom is 0.330 e. The lowest BCUT2D eigenvalue weighted by atomic mass is 10.1. The molecule has 6 nitrogen and oxygen atoms in total. The number of phenolic OH excluding ortho intramolecular Hbond substituents is 1. The molecule has 0 fully saturated rings. The minimum atomic E-state index is -0.886. The molecule has 0 bridgehead atoms. The highest BCUT2D eigenvalue weighted by Gasteiger charge is 2.13. The number of amides is 3. The summed E-state index contributed by atoms with van der Waals surface area (Å²) in [6.07, 6.45) is 0. The van der Waals surface area contributed by atoms with Crippen molar-refractivity contribution in [1.29, 1.82) is 0 Å². The van der Waals surface area contributed by atoms with E-state index in [-0.39, 0.29) is 11.3 Å². The van der Waals surface area contributed by atoms with Crippen LogP contribution < -0.4 is 16.6 Å². The van der Waals surface area contributed by atoms with Gasteiger partial charge in [-0.15, -0.1) is 0 Å². The Labute approximate surface area is 102 Å². The van der Waals surface area contributed by atoms with Gasteiger partial charge in [0, 0.05) is 5.39 Å². The number of nitrogens with one attached hydrogen (secondary N) is 2. The van der Waals surface area contributed by atoms with Crippen LogP contribution in [0.15, 0.2) is 36.4 Å². The largest absolute Gasteiger partial charge is 0.506 e. The third kappa shape index (κ3) is 2.17. The number of fused-ring (bicyclic) bond motifs is 1. The van der Waals surface area contributed by atoms with Gasteiger partial charge in [-0.2, -0.15) is 0 Å². The quantitative estimate of drug-likeness (QED) is 0.560. The zero-order chi connectivity index (χ0) is 13.1. The lowest BCUT2D eigenvalue weighted by molar-refractivity contribution is 0.0935. The number of phenols is 1. The topological polar surface area (TPSA) is 104 Å². The van der Waals surface area contributed by atoms with Crippen molar-refractivity contribution in [2.24, 2.45) is 5.73 Å². The Kier molecular flexibility index (Phi) is 3.01. The molecule has 0 unspecified atom stereocenters. The maximum absolute atomic E-state index is 11.7. The van der Waals surface area contributed by atoms with Crippen LogP contribution in [-0.4, -0.2) is 17.0 Å². The zero-order valence-electron chi connectivity index (χ0n) is 9.31. The van der Waals surface area contributed by atoms with Crippen molar-refractivity contribution in [1.82, 2.24) is 10.9 Å².